The third-order valence-electron chi connectivity index (χ3n) is 7.51. The molecule has 0 heterocycles. The molecule has 36 heavy (non-hydrogen) atoms. The van der Waals surface area contributed by atoms with Crippen LogP contribution in [0.2, 0.25) is 0 Å². The van der Waals surface area contributed by atoms with Gasteiger partial charge >= 0.3 is 5.97 Å². The lowest BCUT2D eigenvalue weighted by molar-refractivity contribution is -0.152. The second kappa shape index (κ2) is 15.0. The molecule has 0 aromatic heterocycles. The van der Waals surface area contributed by atoms with Crippen molar-refractivity contribution in [2.75, 3.05) is 13.2 Å². The van der Waals surface area contributed by atoms with E-state index in [-0.39, 0.29) is 11.9 Å². The number of hydrogen-bond donors (Lipinski definition) is 1. The van der Waals surface area contributed by atoms with Crippen LogP contribution >= 0.6 is 0 Å². The lowest BCUT2D eigenvalue weighted by atomic mass is 9.75. The number of benzene rings is 2. The first-order valence-electron chi connectivity index (χ1n) is 14.3. The van der Waals surface area contributed by atoms with Crippen LogP contribution in [0.15, 0.2) is 48.5 Å². The molecule has 0 radical (unpaired) electrons. The van der Waals surface area contributed by atoms with Crippen molar-refractivity contribution in [2.45, 2.75) is 103 Å². The number of aliphatic hydroxyl groups is 1. The lowest BCUT2D eigenvalue weighted by Crippen LogP contribution is -2.34. The van der Waals surface area contributed by atoms with Gasteiger partial charge in [0, 0.05) is 0 Å². The second-order valence-corrected chi connectivity index (χ2v) is 10.4. The number of rotatable bonds is 15. The van der Waals surface area contributed by atoms with Gasteiger partial charge in [-0.15, -0.1) is 0 Å². The van der Waals surface area contributed by atoms with Crippen molar-refractivity contribution < 1.29 is 19.4 Å². The van der Waals surface area contributed by atoms with Crippen LogP contribution in [0.5, 0.6) is 5.75 Å². The van der Waals surface area contributed by atoms with Gasteiger partial charge in [-0.1, -0.05) is 95.2 Å². The highest BCUT2D eigenvalue weighted by Crippen LogP contribution is 2.40. The number of unbranched alkanes of at least 4 members (excludes halogenated alkanes) is 7. The predicted octanol–water partition coefficient (Wildman–Crippen LogP) is 8.20. The van der Waals surface area contributed by atoms with E-state index < -0.39 is 5.60 Å². The van der Waals surface area contributed by atoms with Gasteiger partial charge in [0.05, 0.1) is 24.7 Å². The Morgan fingerprint density at radius 1 is 0.778 bits per heavy atom. The molecule has 1 aliphatic rings. The van der Waals surface area contributed by atoms with Gasteiger partial charge in [-0.25, -0.2) is 0 Å². The maximum absolute atomic E-state index is 12.4. The Hall–Kier alpha value is -2.33. The van der Waals surface area contributed by atoms with Crippen LogP contribution < -0.4 is 4.74 Å². The van der Waals surface area contributed by atoms with Gasteiger partial charge in [0.2, 0.25) is 0 Å². The monoisotopic (exact) mass is 494 g/mol. The molecule has 1 aliphatic carbocycles. The first-order chi connectivity index (χ1) is 17.6. The summed E-state index contributed by atoms with van der Waals surface area (Å²) >= 11 is 0. The van der Waals surface area contributed by atoms with Gasteiger partial charge in [0.25, 0.3) is 0 Å². The average molecular weight is 495 g/mol. The number of hydrogen-bond acceptors (Lipinski definition) is 4. The lowest BCUT2D eigenvalue weighted by Gasteiger charge is -2.35. The van der Waals surface area contributed by atoms with Crippen LogP contribution in [-0.2, 0) is 15.1 Å². The van der Waals surface area contributed by atoms with Gasteiger partial charge in [-0.05, 0) is 67.3 Å². The molecule has 4 heteroatoms. The molecule has 0 bridgehead atoms. The van der Waals surface area contributed by atoms with Gasteiger partial charge < -0.3 is 14.6 Å². The third-order valence-corrected chi connectivity index (χ3v) is 7.51. The van der Waals surface area contributed by atoms with Crippen molar-refractivity contribution >= 4 is 5.97 Å². The SMILES string of the molecule is CCCCCCCOc1ccc(-c2ccc(C3(O)CCC(C(=O)OCCCCCC)CC3)cc2)cc1. The van der Waals surface area contributed by atoms with E-state index in [1.54, 1.807) is 0 Å². The maximum atomic E-state index is 12.4. The summed E-state index contributed by atoms with van der Waals surface area (Å²) in [6.45, 7) is 5.70. The second-order valence-electron chi connectivity index (χ2n) is 10.4. The molecule has 0 aliphatic heterocycles. The maximum Gasteiger partial charge on any atom is 0.308 e. The van der Waals surface area contributed by atoms with Crippen LogP contribution in [0.4, 0.5) is 0 Å². The normalized spacial score (nSPS) is 19.7. The summed E-state index contributed by atoms with van der Waals surface area (Å²) < 4.78 is 11.4. The van der Waals surface area contributed by atoms with E-state index in [1.807, 2.05) is 24.3 Å². The molecule has 198 valence electrons. The molecule has 4 nitrogen and oxygen atoms in total. The molecular formula is C32H46O4. The molecular weight excluding hydrogens is 448 g/mol. The highest BCUT2D eigenvalue weighted by atomic mass is 16.5. The standard InChI is InChI=1S/C32H46O4/c1-3-5-7-9-11-24-35-30-18-14-27(15-19-30)26-12-16-29(17-13-26)32(34)22-20-28(21-23-32)31(33)36-25-10-8-6-4-2/h12-19,28,34H,3-11,20-25H2,1-2H3. The van der Waals surface area contributed by atoms with E-state index in [0.717, 1.165) is 48.3 Å². The van der Waals surface area contributed by atoms with E-state index in [0.29, 0.717) is 32.3 Å². The van der Waals surface area contributed by atoms with Crippen molar-refractivity contribution in [3.8, 4) is 16.9 Å². The Bertz CT molecular complexity index is 879. The smallest absolute Gasteiger partial charge is 0.308 e. The number of carbonyl (C=O) groups is 1. The van der Waals surface area contributed by atoms with Gasteiger partial charge in [-0.2, -0.15) is 0 Å². The molecule has 1 saturated carbocycles. The van der Waals surface area contributed by atoms with Crippen LogP contribution in [-0.4, -0.2) is 24.3 Å². The Morgan fingerprint density at radius 2 is 1.31 bits per heavy atom. The van der Waals surface area contributed by atoms with Crippen molar-refractivity contribution in [3.05, 3.63) is 54.1 Å². The molecule has 0 unspecified atom stereocenters. The van der Waals surface area contributed by atoms with Gasteiger partial charge in [0.15, 0.2) is 0 Å². The van der Waals surface area contributed by atoms with E-state index in [4.69, 9.17) is 9.47 Å². The van der Waals surface area contributed by atoms with Crippen LogP contribution in [0, 0.1) is 5.92 Å². The summed E-state index contributed by atoms with van der Waals surface area (Å²) in [5.41, 5.74) is 2.31. The zero-order chi connectivity index (χ0) is 25.6. The fourth-order valence-electron chi connectivity index (χ4n) is 5.05. The average Bonchev–Trinajstić information content (AvgIpc) is 2.91. The highest BCUT2D eigenvalue weighted by molar-refractivity contribution is 5.72. The predicted molar refractivity (Wildman–Crippen MR) is 147 cm³/mol. The Balaban J connectivity index is 1.45. The fraction of sp³-hybridized carbons (Fsp3) is 0.594. The Kier molecular flexibility index (Phi) is 11.8. The molecule has 2 aromatic rings. The first-order valence-corrected chi connectivity index (χ1v) is 14.3. The zero-order valence-electron chi connectivity index (χ0n) is 22.5. The number of ether oxygens (including phenoxy) is 2. The van der Waals surface area contributed by atoms with Crippen LogP contribution in [0.3, 0.4) is 0 Å². The minimum atomic E-state index is -0.870. The minimum Gasteiger partial charge on any atom is -0.494 e. The van der Waals surface area contributed by atoms with Crippen LogP contribution in [0.25, 0.3) is 11.1 Å². The minimum absolute atomic E-state index is 0.0900. The first kappa shape index (κ1) is 28.2. The quantitative estimate of drug-likeness (QED) is 0.200. The zero-order valence-corrected chi connectivity index (χ0v) is 22.5. The number of carbonyl (C=O) groups excluding carboxylic acids is 1. The molecule has 0 amide bonds. The Labute approximate surface area is 218 Å². The fourth-order valence-corrected chi connectivity index (χ4v) is 5.05. The largest absolute Gasteiger partial charge is 0.494 e. The summed E-state index contributed by atoms with van der Waals surface area (Å²) in [6, 6.07) is 16.5. The molecule has 3 rings (SSSR count). The molecule has 0 saturated heterocycles. The van der Waals surface area contributed by atoms with E-state index in [9.17, 15) is 9.90 Å². The summed E-state index contributed by atoms with van der Waals surface area (Å²) in [6.07, 6.45) is 13.1. The number of esters is 1. The molecule has 2 aromatic carbocycles. The van der Waals surface area contributed by atoms with E-state index in [2.05, 4.69) is 38.1 Å². The van der Waals surface area contributed by atoms with Gasteiger partial charge in [-0.3, -0.25) is 4.79 Å². The van der Waals surface area contributed by atoms with Crippen molar-refractivity contribution in [1.82, 2.24) is 0 Å². The van der Waals surface area contributed by atoms with E-state index >= 15 is 0 Å². The summed E-state index contributed by atoms with van der Waals surface area (Å²) in [5, 5.41) is 11.3. The molecule has 1 N–H and O–H groups in total. The van der Waals surface area contributed by atoms with Crippen molar-refractivity contribution in [1.29, 1.82) is 0 Å². The van der Waals surface area contributed by atoms with Crippen molar-refractivity contribution in [3.63, 3.8) is 0 Å². The third kappa shape index (κ3) is 8.65. The van der Waals surface area contributed by atoms with Crippen molar-refractivity contribution in [2.24, 2.45) is 5.92 Å². The molecule has 0 atom stereocenters. The topological polar surface area (TPSA) is 55.8 Å². The Morgan fingerprint density at radius 3 is 1.92 bits per heavy atom. The molecule has 0 spiro atoms. The summed E-state index contributed by atoms with van der Waals surface area (Å²) in [7, 11) is 0. The summed E-state index contributed by atoms with van der Waals surface area (Å²) in [4.78, 5) is 12.4. The summed E-state index contributed by atoms with van der Waals surface area (Å²) in [5.74, 6) is 0.733. The highest BCUT2D eigenvalue weighted by Gasteiger charge is 2.37. The molecule has 1 fully saturated rings. The van der Waals surface area contributed by atoms with Gasteiger partial charge in [0.1, 0.15) is 5.75 Å². The van der Waals surface area contributed by atoms with Crippen LogP contribution in [0.1, 0.15) is 103 Å². The van der Waals surface area contributed by atoms with E-state index in [1.165, 1.54) is 38.5 Å².